The van der Waals surface area contributed by atoms with Crippen LogP contribution in [0.4, 0.5) is 0 Å². The normalized spacial score (nSPS) is 11.1. The summed E-state index contributed by atoms with van der Waals surface area (Å²) < 4.78 is 0. The number of hydrogen-bond acceptors (Lipinski definition) is 3. The molecular formula is C29H43N3. The zero-order chi connectivity index (χ0) is 23.4. The molecule has 1 unspecified atom stereocenters. The second-order valence-corrected chi connectivity index (χ2v) is 8.31. The van der Waals surface area contributed by atoms with Gasteiger partial charge in [-0.05, 0) is 55.8 Å². The maximum atomic E-state index is 5.38. The van der Waals surface area contributed by atoms with Crippen LogP contribution in [-0.4, -0.2) is 18.6 Å². The van der Waals surface area contributed by atoms with E-state index in [0.717, 1.165) is 19.4 Å². The molecule has 0 radical (unpaired) electrons. The van der Waals surface area contributed by atoms with Gasteiger partial charge >= 0.3 is 0 Å². The number of aryl methyl sites for hydroxylation is 2. The lowest BCUT2D eigenvalue weighted by Gasteiger charge is -2.16. The first-order chi connectivity index (χ1) is 15.5. The van der Waals surface area contributed by atoms with Crippen molar-refractivity contribution in [1.82, 2.24) is 5.32 Å². The molecule has 3 aromatic carbocycles. The van der Waals surface area contributed by atoms with Crippen molar-refractivity contribution >= 4 is 0 Å². The monoisotopic (exact) mass is 433 g/mol. The lowest BCUT2D eigenvalue weighted by atomic mass is 10.1. The third-order valence-electron chi connectivity index (χ3n) is 4.92. The Morgan fingerprint density at radius 2 is 1.06 bits per heavy atom. The highest BCUT2D eigenvalue weighted by molar-refractivity contribution is 5.15. The highest BCUT2D eigenvalue weighted by Gasteiger charge is 2.03. The van der Waals surface area contributed by atoms with E-state index in [1.807, 2.05) is 36.4 Å². The van der Waals surface area contributed by atoms with Gasteiger partial charge in [0, 0.05) is 18.6 Å². The number of rotatable bonds is 9. The average molecular weight is 434 g/mol. The van der Waals surface area contributed by atoms with Crippen molar-refractivity contribution in [2.45, 2.75) is 65.1 Å². The second kappa shape index (κ2) is 18.1. The summed E-state index contributed by atoms with van der Waals surface area (Å²) in [6.07, 6.45) is 4.57. The molecule has 0 aliphatic carbocycles. The fraction of sp³-hybridized carbons (Fsp3) is 0.379. The second-order valence-electron chi connectivity index (χ2n) is 8.31. The van der Waals surface area contributed by atoms with Gasteiger partial charge in [0.15, 0.2) is 0 Å². The molecule has 1 atom stereocenters. The van der Waals surface area contributed by atoms with Gasteiger partial charge in [-0.15, -0.1) is 0 Å². The maximum absolute atomic E-state index is 5.38. The van der Waals surface area contributed by atoms with Crippen LogP contribution >= 0.6 is 0 Å². The SMILES string of the molecule is CC(C)NC(C)CCc1ccccc1.NCCCc1ccccc1.NCc1ccccc1. The molecule has 3 heteroatoms. The minimum atomic E-state index is 0.584. The summed E-state index contributed by atoms with van der Waals surface area (Å²) in [5, 5.41) is 3.51. The van der Waals surface area contributed by atoms with Crippen LogP contribution in [0.2, 0.25) is 0 Å². The van der Waals surface area contributed by atoms with Gasteiger partial charge in [0.05, 0.1) is 0 Å². The van der Waals surface area contributed by atoms with Gasteiger partial charge in [-0.25, -0.2) is 0 Å². The molecule has 0 bridgehead atoms. The van der Waals surface area contributed by atoms with E-state index in [9.17, 15) is 0 Å². The highest BCUT2D eigenvalue weighted by Crippen LogP contribution is 2.05. The molecule has 0 saturated heterocycles. The van der Waals surface area contributed by atoms with E-state index in [1.54, 1.807) is 0 Å². The Kier molecular flexibility index (Phi) is 15.6. The van der Waals surface area contributed by atoms with Gasteiger partial charge in [0.2, 0.25) is 0 Å². The molecule has 0 saturated carbocycles. The van der Waals surface area contributed by atoms with Crippen LogP contribution in [-0.2, 0) is 19.4 Å². The van der Waals surface area contributed by atoms with E-state index in [0.29, 0.717) is 18.6 Å². The van der Waals surface area contributed by atoms with Crippen LogP contribution in [0.5, 0.6) is 0 Å². The van der Waals surface area contributed by atoms with E-state index >= 15 is 0 Å². The number of hydrogen-bond donors (Lipinski definition) is 3. The van der Waals surface area contributed by atoms with Gasteiger partial charge in [-0.1, -0.05) is 105 Å². The molecule has 0 aromatic heterocycles. The van der Waals surface area contributed by atoms with Gasteiger partial charge in [0.1, 0.15) is 0 Å². The molecule has 174 valence electrons. The van der Waals surface area contributed by atoms with E-state index < -0.39 is 0 Å². The number of nitrogens with one attached hydrogen (secondary N) is 1. The van der Waals surface area contributed by atoms with Crippen LogP contribution in [0.15, 0.2) is 91.0 Å². The van der Waals surface area contributed by atoms with Crippen molar-refractivity contribution in [2.75, 3.05) is 6.54 Å². The lowest BCUT2D eigenvalue weighted by Crippen LogP contribution is -2.32. The lowest BCUT2D eigenvalue weighted by molar-refractivity contribution is 0.466. The predicted octanol–water partition coefficient (Wildman–Crippen LogP) is 5.73. The van der Waals surface area contributed by atoms with E-state index in [2.05, 4.69) is 80.7 Å². The van der Waals surface area contributed by atoms with Gasteiger partial charge < -0.3 is 16.8 Å². The Labute approximate surface area is 196 Å². The summed E-state index contributed by atoms with van der Waals surface area (Å²) in [5.41, 5.74) is 14.7. The fourth-order valence-corrected chi connectivity index (χ4v) is 3.25. The number of benzene rings is 3. The predicted molar refractivity (Wildman–Crippen MR) is 141 cm³/mol. The van der Waals surface area contributed by atoms with Crippen molar-refractivity contribution in [3.63, 3.8) is 0 Å². The molecule has 3 rings (SSSR count). The average Bonchev–Trinajstić information content (AvgIpc) is 2.84. The summed E-state index contributed by atoms with van der Waals surface area (Å²) >= 11 is 0. The first-order valence-corrected chi connectivity index (χ1v) is 11.8. The highest BCUT2D eigenvalue weighted by atomic mass is 14.9. The standard InChI is InChI=1S/C13H21N.C9H13N.C7H9N/c1-11(2)14-12(3)9-10-13-7-5-4-6-8-13;10-8-4-7-9-5-2-1-3-6-9;8-6-7-4-2-1-3-5-7/h4-8,11-12,14H,9-10H2,1-3H3;1-3,5-6H,4,7-8,10H2;1-5H,6,8H2. The van der Waals surface area contributed by atoms with Crippen molar-refractivity contribution in [3.8, 4) is 0 Å². The van der Waals surface area contributed by atoms with Crippen molar-refractivity contribution < 1.29 is 0 Å². The summed E-state index contributed by atoms with van der Waals surface area (Å²) in [6.45, 7) is 8.07. The zero-order valence-electron chi connectivity index (χ0n) is 20.2. The minimum absolute atomic E-state index is 0.584. The zero-order valence-corrected chi connectivity index (χ0v) is 20.2. The summed E-state index contributed by atoms with van der Waals surface area (Å²) in [6, 6.07) is 32.3. The molecule has 0 heterocycles. The molecule has 0 aliphatic rings. The summed E-state index contributed by atoms with van der Waals surface area (Å²) in [7, 11) is 0. The van der Waals surface area contributed by atoms with Crippen molar-refractivity contribution in [1.29, 1.82) is 0 Å². The van der Waals surface area contributed by atoms with Crippen LogP contribution < -0.4 is 16.8 Å². The maximum Gasteiger partial charge on any atom is 0.0178 e. The first-order valence-electron chi connectivity index (χ1n) is 11.8. The Bertz CT molecular complexity index is 773. The summed E-state index contributed by atoms with van der Waals surface area (Å²) in [5.74, 6) is 0. The molecular weight excluding hydrogens is 390 g/mol. The third kappa shape index (κ3) is 14.5. The van der Waals surface area contributed by atoms with Crippen LogP contribution in [0.25, 0.3) is 0 Å². The van der Waals surface area contributed by atoms with E-state index in [1.165, 1.54) is 29.5 Å². The molecule has 3 nitrogen and oxygen atoms in total. The Balaban J connectivity index is 0.000000251. The van der Waals surface area contributed by atoms with Gasteiger partial charge in [-0.2, -0.15) is 0 Å². The van der Waals surface area contributed by atoms with Crippen LogP contribution in [0.1, 0.15) is 50.3 Å². The van der Waals surface area contributed by atoms with Crippen molar-refractivity contribution in [2.24, 2.45) is 11.5 Å². The van der Waals surface area contributed by atoms with Crippen LogP contribution in [0.3, 0.4) is 0 Å². The quantitative estimate of drug-likeness (QED) is 0.404. The third-order valence-corrected chi connectivity index (χ3v) is 4.92. The van der Waals surface area contributed by atoms with Crippen LogP contribution in [0, 0.1) is 0 Å². The number of nitrogens with two attached hydrogens (primary N) is 2. The molecule has 0 spiro atoms. The smallest absolute Gasteiger partial charge is 0.0178 e. The van der Waals surface area contributed by atoms with Gasteiger partial charge in [-0.3, -0.25) is 0 Å². The largest absolute Gasteiger partial charge is 0.330 e. The molecule has 32 heavy (non-hydrogen) atoms. The Hall–Kier alpha value is -2.46. The first kappa shape index (κ1) is 27.6. The molecule has 0 aliphatic heterocycles. The minimum Gasteiger partial charge on any atom is -0.330 e. The fourth-order valence-electron chi connectivity index (χ4n) is 3.25. The van der Waals surface area contributed by atoms with Gasteiger partial charge in [0.25, 0.3) is 0 Å². The van der Waals surface area contributed by atoms with Crippen molar-refractivity contribution in [3.05, 3.63) is 108 Å². The molecule has 5 N–H and O–H groups in total. The Morgan fingerprint density at radius 1 is 0.625 bits per heavy atom. The Morgan fingerprint density at radius 3 is 1.44 bits per heavy atom. The molecule has 0 amide bonds. The van der Waals surface area contributed by atoms with E-state index in [4.69, 9.17) is 11.5 Å². The topological polar surface area (TPSA) is 64.1 Å². The summed E-state index contributed by atoms with van der Waals surface area (Å²) in [4.78, 5) is 0. The molecule has 0 fully saturated rings. The molecule has 3 aromatic rings. The van der Waals surface area contributed by atoms with E-state index in [-0.39, 0.29) is 0 Å².